The van der Waals surface area contributed by atoms with Crippen LogP contribution in [0.15, 0.2) is 47.2 Å². The summed E-state index contributed by atoms with van der Waals surface area (Å²) in [4.78, 5) is 15.7. The fourth-order valence-electron chi connectivity index (χ4n) is 2.54. The molecule has 0 spiro atoms. The third-order valence-electron chi connectivity index (χ3n) is 3.85. The zero-order valence-electron chi connectivity index (χ0n) is 15.2. The van der Waals surface area contributed by atoms with Gasteiger partial charge in [0, 0.05) is 11.8 Å². The van der Waals surface area contributed by atoms with Crippen molar-refractivity contribution in [2.45, 2.75) is 13.0 Å². The summed E-state index contributed by atoms with van der Waals surface area (Å²) in [5.74, 6) is -1.19. The smallest absolute Gasteiger partial charge is 0.343 e. The molecule has 1 aromatic carbocycles. The fraction of sp³-hybridized carbons (Fsp3) is 0.211. The highest BCUT2D eigenvalue weighted by molar-refractivity contribution is 5.99. The number of nitrogens with zero attached hydrogens (tertiary/aromatic N) is 2. The topological polar surface area (TPSA) is 107 Å². The van der Waals surface area contributed by atoms with Gasteiger partial charge in [-0.25, -0.2) is 9.18 Å². The van der Waals surface area contributed by atoms with Crippen LogP contribution in [-0.2, 0) is 0 Å². The van der Waals surface area contributed by atoms with Gasteiger partial charge in [-0.3, -0.25) is 4.98 Å². The van der Waals surface area contributed by atoms with Gasteiger partial charge in [0.1, 0.15) is 11.9 Å². The van der Waals surface area contributed by atoms with Gasteiger partial charge < -0.3 is 24.4 Å². The van der Waals surface area contributed by atoms with Gasteiger partial charge in [-0.05, 0) is 37.3 Å². The molecule has 0 aliphatic heterocycles. The van der Waals surface area contributed by atoms with Crippen molar-refractivity contribution in [2.24, 2.45) is 0 Å². The molecular weight excluding hydrogens is 369 g/mol. The summed E-state index contributed by atoms with van der Waals surface area (Å²) in [5.41, 5.74) is 0.165. The molecule has 2 heterocycles. The standard InChI is InChI=1S/C19H18FN3O5/c1-11(27-13-4-3-7-21-10-13)9-22-18-16(19(24)25)17(28-23-18)12-5-6-14(20)15(8-12)26-2/h3-8,10-11H,9H2,1-2H3,(H,22,23)(H,24,25). The molecule has 0 saturated carbocycles. The van der Waals surface area contributed by atoms with Crippen LogP contribution in [0.5, 0.6) is 11.5 Å². The van der Waals surface area contributed by atoms with Crippen LogP contribution in [0.2, 0.25) is 0 Å². The number of halogens is 1. The number of hydrogen-bond donors (Lipinski definition) is 2. The number of methoxy groups -OCH3 is 1. The SMILES string of the molecule is COc1cc(-c2onc(NCC(C)Oc3cccnc3)c2C(=O)O)ccc1F. The van der Waals surface area contributed by atoms with Crippen LogP contribution in [0.25, 0.3) is 11.3 Å². The Bertz CT molecular complexity index is 961. The number of anilines is 1. The molecular formula is C19H18FN3O5. The highest BCUT2D eigenvalue weighted by atomic mass is 19.1. The molecule has 3 aromatic rings. The van der Waals surface area contributed by atoms with E-state index in [2.05, 4.69) is 15.5 Å². The number of hydrogen-bond acceptors (Lipinski definition) is 7. The molecule has 0 bridgehead atoms. The molecule has 2 N–H and O–H groups in total. The molecule has 2 aromatic heterocycles. The van der Waals surface area contributed by atoms with Crippen molar-refractivity contribution in [1.29, 1.82) is 0 Å². The predicted molar refractivity (Wildman–Crippen MR) is 98.2 cm³/mol. The lowest BCUT2D eigenvalue weighted by Gasteiger charge is -2.14. The summed E-state index contributed by atoms with van der Waals surface area (Å²) in [6.07, 6.45) is 2.92. The van der Waals surface area contributed by atoms with Gasteiger partial charge in [0.25, 0.3) is 0 Å². The number of carbonyl (C=O) groups is 1. The van der Waals surface area contributed by atoms with E-state index >= 15 is 0 Å². The van der Waals surface area contributed by atoms with Gasteiger partial charge >= 0.3 is 5.97 Å². The highest BCUT2D eigenvalue weighted by Gasteiger charge is 2.25. The molecule has 0 saturated heterocycles. The molecule has 0 fully saturated rings. The van der Waals surface area contributed by atoms with Crippen LogP contribution in [0.3, 0.4) is 0 Å². The second kappa shape index (κ2) is 8.38. The number of benzene rings is 1. The lowest BCUT2D eigenvalue weighted by molar-refractivity contribution is 0.0698. The first-order valence-electron chi connectivity index (χ1n) is 8.37. The summed E-state index contributed by atoms with van der Waals surface area (Å²) < 4.78 is 29.4. The van der Waals surface area contributed by atoms with E-state index in [9.17, 15) is 14.3 Å². The van der Waals surface area contributed by atoms with Crippen molar-refractivity contribution in [3.05, 3.63) is 54.1 Å². The van der Waals surface area contributed by atoms with Crippen LogP contribution in [0, 0.1) is 5.82 Å². The molecule has 28 heavy (non-hydrogen) atoms. The molecule has 146 valence electrons. The van der Waals surface area contributed by atoms with Crippen molar-refractivity contribution in [1.82, 2.24) is 10.1 Å². The van der Waals surface area contributed by atoms with Gasteiger partial charge in [-0.15, -0.1) is 0 Å². The summed E-state index contributed by atoms with van der Waals surface area (Å²) in [6, 6.07) is 7.42. The quantitative estimate of drug-likeness (QED) is 0.605. The van der Waals surface area contributed by atoms with Gasteiger partial charge in [0.05, 0.1) is 19.9 Å². The Morgan fingerprint density at radius 2 is 2.21 bits per heavy atom. The third kappa shape index (κ3) is 4.20. The van der Waals surface area contributed by atoms with Gasteiger partial charge in [-0.2, -0.15) is 0 Å². The Morgan fingerprint density at radius 1 is 1.39 bits per heavy atom. The first-order chi connectivity index (χ1) is 13.5. The van der Waals surface area contributed by atoms with Crippen molar-refractivity contribution >= 4 is 11.8 Å². The van der Waals surface area contributed by atoms with Crippen molar-refractivity contribution in [3.8, 4) is 22.8 Å². The maximum absolute atomic E-state index is 13.6. The summed E-state index contributed by atoms with van der Waals surface area (Å²) in [6.45, 7) is 2.08. The van der Waals surface area contributed by atoms with Crippen molar-refractivity contribution < 1.29 is 28.3 Å². The highest BCUT2D eigenvalue weighted by Crippen LogP contribution is 2.32. The predicted octanol–water partition coefficient (Wildman–Crippen LogP) is 3.46. The van der Waals surface area contributed by atoms with Crippen molar-refractivity contribution in [3.63, 3.8) is 0 Å². The second-order valence-electron chi connectivity index (χ2n) is 5.89. The lowest BCUT2D eigenvalue weighted by Crippen LogP contribution is -2.23. The Hall–Kier alpha value is -3.62. The summed E-state index contributed by atoms with van der Waals surface area (Å²) in [5, 5.41) is 16.3. The van der Waals surface area contributed by atoms with E-state index in [0.29, 0.717) is 11.3 Å². The zero-order valence-corrected chi connectivity index (χ0v) is 15.2. The van der Waals surface area contributed by atoms with E-state index < -0.39 is 11.8 Å². The minimum Gasteiger partial charge on any atom is -0.494 e. The zero-order chi connectivity index (χ0) is 20.1. The average molecular weight is 387 g/mol. The normalized spacial score (nSPS) is 11.7. The molecule has 8 nitrogen and oxygen atoms in total. The monoisotopic (exact) mass is 387 g/mol. The van der Waals surface area contributed by atoms with Gasteiger partial charge in [0.2, 0.25) is 0 Å². The Kier molecular flexibility index (Phi) is 5.73. The minimum absolute atomic E-state index is 0.00543. The first kappa shape index (κ1) is 19.2. The third-order valence-corrected chi connectivity index (χ3v) is 3.85. The largest absolute Gasteiger partial charge is 0.494 e. The van der Waals surface area contributed by atoms with E-state index in [1.54, 1.807) is 24.5 Å². The van der Waals surface area contributed by atoms with E-state index in [4.69, 9.17) is 14.0 Å². The summed E-state index contributed by atoms with van der Waals surface area (Å²) in [7, 11) is 1.32. The minimum atomic E-state index is -1.23. The molecule has 0 aliphatic carbocycles. The number of ether oxygens (including phenoxy) is 2. The molecule has 0 amide bonds. The Morgan fingerprint density at radius 3 is 2.89 bits per heavy atom. The number of aromatic nitrogens is 2. The van der Waals surface area contributed by atoms with Crippen LogP contribution in [0.1, 0.15) is 17.3 Å². The molecule has 0 radical (unpaired) electrons. The van der Waals surface area contributed by atoms with E-state index in [1.807, 2.05) is 6.92 Å². The summed E-state index contributed by atoms with van der Waals surface area (Å²) >= 11 is 0. The number of aromatic carboxylic acids is 1. The van der Waals surface area contributed by atoms with Gasteiger partial charge in [-0.1, -0.05) is 5.16 Å². The number of carboxylic acid groups (broad SMARTS) is 1. The lowest BCUT2D eigenvalue weighted by atomic mass is 10.1. The average Bonchev–Trinajstić information content (AvgIpc) is 3.12. The van der Waals surface area contributed by atoms with Gasteiger partial charge in [0.15, 0.2) is 28.7 Å². The maximum Gasteiger partial charge on any atom is 0.343 e. The number of nitrogens with one attached hydrogen (secondary N) is 1. The number of pyridine rings is 1. The molecule has 1 unspecified atom stereocenters. The molecule has 0 aliphatic rings. The Labute approximate surface area is 159 Å². The number of rotatable bonds is 8. The van der Waals surface area contributed by atoms with Crippen molar-refractivity contribution in [2.75, 3.05) is 19.0 Å². The van der Waals surface area contributed by atoms with E-state index in [1.165, 1.54) is 25.3 Å². The van der Waals surface area contributed by atoms with Crippen LogP contribution >= 0.6 is 0 Å². The van der Waals surface area contributed by atoms with E-state index in [0.717, 1.165) is 0 Å². The first-order valence-corrected chi connectivity index (χ1v) is 8.37. The van der Waals surface area contributed by atoms with Crippen LogP contribution in [0.4, 0.5) is 10.2 Å². The molecule has 3 rings (SSSR count). The van der Waals surface area contributed by atoms with Crippen LogP contribution < -0.4 is 14.8 Å². The number of carboxylic acids is 1. The molecule has 1 atom stereocenters. The van der Waals surface area contributed by atoms with E-state index in [-0.39, 0.29) is 35.5 Å². The maximum atomic E-state index is 13.6. The Balaban J connectivity index is 1.78. The fourth-order valence-corrected chi connectivity index (χ4v) is 2.54. The second-order valence-corrected chi connectivity index (χ2v) is 5.89. The molecule has 9 heteroatoms. The van der Waals surface area contributed by atoms with Crippen LogP contribution in [-0.4, -0.2) is 41.0 Å².